The van der Waals surface area contributed by atoms with Gasteiger partial charge in [0.15, 0.2) is 0 Å². The molecule has 1 aliphatic heterocycles. The van der Waals surface area contributed by atoms with E-state index in [1.54, 1.807) is 0 Å². The van der Waals surface area contributed by atoms with E-state index in [0.717, 1.165) is 37.1 Å². The number of aliphatic hydroxyl groups excluding tert-OH is 1. The van der Waals surface area contributed by atoms with Crippen molar-refractivity contribution in [3.8, 4) is 0 Å². The van der Waals surface area contributed by atoms with Crippen molar-refractivity contribution in [2.24, 2.45) is 11.7 Å². The summed E-state index contributed by atoms with van der Waals surface area (Å²) in [6.45, 7) is 3.76. The number of nitrogens with two attached hydrogens (primary N) is 1. The lowest BCUT2D eigenvalue weighted by Crippen LogP contribution is -2.40. The number of likely N-dealkylation sites (tertiary alicyclic amines) is 1. The smallest absolute Gasteiger partial charge is 0.251 e. The average Bonchev–Trinajstić information content (AvgIpc) is 2.73. The number of benzene rings is 2. The van der Waals surface area contributed by atoms with Crippen molar-refractivity contribution in [3.63, 3.8) is 0 Å². The molecule has 1 aliphatic rings. The lowest BCUT2D eigenvalue weighted by molar-refractivity contribution is 0.0852. The van der Waals surface area contributed by atoms with E-state index in [-0.39, 0.29) is 5.91 Å². The van der Waals surface area contributed by atoms with Crippen LogP contribution in [0.3, 0.4) is 0 Å². The zero-order chi connectivity index (χ0) is 19.1. The lowest BCUT2D eigenvalue weighted by atomic mass is 9.96. The average molecular weight is 367 g/mol. The van der Waals surface area contributed by atoms with Gasteiger partial charge in [-0.3, -0.25) is 4.79 Å². The van der Waals surface area contributed by atoms with E-state index in [0.29, 0.717) is 31.1 Å². The third-order valence-electron chi connectivity index (χ3n) is 5.33. The van der Waals surface area contributed by atoms with Crippen LogP contribution in [0.4, 0.5) is 0 Å². The molecule has 0 aromatic heterocycles. The highest BCUT2D eigenvalue weighted by molar-refractivity contribution is 5.94. The van der Waals surface area contributed by atoms with Gasteiger partial charge in [0.1, 0.15) is 0 Å². The van der Waals surface area contributed by atoms with Crippen molar-refractivity contribution in [2.45, 2.75) is 25.5 Å². The predicted molar refractivity (Wildman–Crippen MR) is 107 cm³/mol. The molecule has 1 fully saturated rings. The number of hydrogen-bond donors (Lipinski definition) is 3. The van der Waals surface area contributed by atoms with Gasteiger partial charge in [-0.2, -0.15) is 0 Å². The predicted octanol–water partition coefficient (Wildman–Crippen LogP) is 2.32. The molecule has 2 aromatic rings. The Morgan fingerprint density at radius 2 is 1.78 bits per heavy atom. The molecule has 4 N–H and O–H groups in total. The Bertz CT molecular complexity index is 710. The van der Waals surface area contributed by atoms with Crippen molar-refractivity contribution in [2.75, 3.05) is 26.2 Å². The van der Waals surface area contributed by atoms with Crippen LogP contribution < -0.4 is 11.1 Å². The topological polar surface area (TPSA) is 78.6 Å². The third kappa shape index (κ3) is 5.63. The summed E-state index contributed by atoms with van der Waals surface area (Å²) in [5.41, 5.74) is 8.25. The van der Waals surface area contributed by atoms with Crippen LogP contribution in [0.25, 0.3) is 0 Å². The zero-order valence-corrected chi connectivity index (χ0v) is 15.7. The second-order valence-electron chi connectivity index (χ2n) is 7.28. The van der Waals surface area contributed by atoms with Crippen molar-refractivity contribution < 1.29 is 9.90 Å². The highest BCUT2D eigenvalue weighted by atomic mass is 16.3. The van der Waals surface area contributed by atoms with E-state index in [4.69, 9.17) is 5.73 Å². The maximum Gasteiger partial charge on any atom is 0.251 e. The maximum absolute atomic E-state index is 12.3. The number of rotatable bonds is 7. The molecule has 0 bridgehead atoms. The number of piperidine rings is 1. The van der Waals surface area contributed by atoms with Crippen molar-refractivity contribution in [1.29, 1.82) is 0 Å². The number of carbonyl (C=O) groups excluding carboxylic acids is 1. The molecular formula is C22H29N3O2. The maximum atomic E-state index is 12.3. The van der Waals surface area contributed by atoms with Gasteiger partial charge in [0.05, 0.1) is 6.10 Å². The first kappa shape index (κ1) is 19.5. The molecule has 5 heteroatoms. The Kier molecular flexibility index (Phi) is 6.98. The second kappa shape index (κ2) is 9.65. The molecule has 1 unspecified atom stereocenters. The molecule has 0 spiro atoms. The number of nitrogens with zero attached hydrogens (tertiary/aromatic N) is 1. The highest BCUT2D eigenvalue weighted by Gasteiger charge is 2.22. The van der Waals surface area contributed by atoms with Gasteiger partial charge in [0.2, 0.25) is 0 Å². The lowest BCUT2D eigenvalue weighted by Gasteiger charge is -2.33. The van der Waals surface area contributed by atoms with Crippen molar-refractivity contribution in [1.82, 2.24) is 10.2 Å². The summed E-state index contributed by atoms with van der Waals surface area (Å²) >= 11 is 0. The van der Waals surface area contributed by atoms with E-state index in [1.807, 2.05) is 54.6 Å². The van der Waals surface area contributed by atoms with Gasteiger partial charge in [-0.15, -0.1) is 0 Å². The molecule has 2 aromatic carbocycles. The molecule has 27 heavy (non-hydrogen) atoms. The molecule has 1 heterocycles. The van der Waals surface area contributed by atoms with Crippen LogP contribution >= 0.6 is 0 Å². The molecule has 1 amide bonds. The Morgan fingerprint density at radius 1 is 1.11 bits per heavy atom. The third-order valence-corrected chi connectivity index (χ3v) is 5.33. The number of amides is 1. The van der Waals surface area contributed by atoms with E-state index in [1.165, 1.54) is 0 Å². The molecule has 3 rings (SSSR count). The molecule has 5 nitrogen and oxygen atoms in total. The summed E-state index contributed by atoms with van der Waals surface area (Å²) in [5, 5.41) is 13.4. The molecule has 1 saturated heterocycles. The fourth-order valence-corrected chi connectivity index (χ4v) is 3.53. The van der Waals surface area contributed by atoms with Crippen LogP contribution in [-0.2, 0) is 6.54 Å². The van der Waals surface area contributed by atoms with Gasteiger partial charge in [0, 0.05) is 25.2 Å². The van der Waals surface area contributed by atoms with Gasteiger partial charge >= 0.3 is 0 Å². The minimum atomic E-state index is -0.445. The first-order valence-electron chi connectivity index (χ1n) is 9.68. The first-order chi connectivity index (χ1) is 13.2. The quantitative estimate of drug-likeness (QED) is 0.702. The summed E-state index contributed by atoms with van der Waals surface area (Å²) in [5.74, 6) is 0.461. The van der Waals surface area contributed by atoms with Gasteiger partial charge in [0.25, 0.3) is 5.91 Å². The van der Waals surface area contributed by atoms with Crippen LogP contribution in [0.15, 0.2) is 54.6 Å². The summed E-state index contributed by atoms with van der Waals surface area (Å²) in [6.07, 6.45) is 1.63. The number of nitrogens with one attached hydrogen (secondary N) is 1. The molecular weight excluding hydrogens is 338 g/mol. The Balaban J connectivity index is 1.39. The molecule has 0 aliphatic carbocycles. The molecule has 1 atom stereocenters. The zero-order valence-electron chi connectivity index (χ0n) is 15.7. The summed E-state index contributed by atoms with van der Waals surface area (Å²) in [7, 11) is 0. The minimum absolute atomic E-state index is 0.0273. The summed E-state index contributed by atoms with van der Waals surface area (Å²) in [4.78, 5) is 14.6. The first-order valence-corrected chi connectivity index (χ1v) is 9.68. The molecule has 144 valence electrons. The fourth-order valence-electron chi connectivity index (χ4n) is 3.53. The van der Waals surface area contributed by atoms with E-state index < -0.39 is 6.10 Å². The Hall–Kier alpha value is -2.21. The monoisotopic (exact) mass is 367 g/mol. The van der Waals surface area contributed by atoms with Crippen LogP contribution in [-0.4, -0.2) is 42.1 Å². The molecule has 0 radical (unpaired) electrons. The molecule has 0 saturated carbocycles. The number of hydrogen-bond acceptors (Lipinski definition) is 4. The summed E-state index contributed by atoms with van der Waals surface area (Å²) < 4.78 is 0. The standard InChI is InChI=1S/C22H29N3O2/c23-14-17-6-8-20(9-7-17)22(27)24-15-18-10-12-25(13-11-18)16-21(26)19-4-2-1-3-5-19/h1-9,18,21,26H,10-16,23H2,(H,24,27). The van der Waals surface area contributed by atoms with Crippen LogP contribution in [0.2, 0.25) is 0 Å². The number of β-amino-alcohol motifs (C(OH)–C–C–N with tert-alkyl or cyclic N) is 1. The van der Waals surface area contributed by atoms with Gasteiger partial charge in [-0.05, 0) is 55.1 Å². The SMILES string of the molecule is NCc1ccc(C(=O)NCC2CCN(CC(O)c3ccccc3)CC2)cc1. The largest absolute Gasteiger partial charge is 0.387 e. The van der Waals surface area contributed by atoms with Crippen LogP contribution in [0.1, 0.15) is 40.4 Å². The normalized spacial score (nSPS) is 16.8. The van der Waals surface area contributed by atoms with E-state index >= 15 is 0 Å². The van der Waals surface area contributed by atoms with Crippen molar-refractivity contribution in [3.05, 3.63) is 71.3 Å². The Labute approximate surface area is 161 Å². The van der Waals surface area contributed by atoms with E-state index in [2.05, 4.69) is 10.2 Å². The van der Waals surface area contributed by atoms with Crippen LogP contribution in [0, 0.1) is 5.92 Å². The van der Waals surface area contributed by atoms with Crippen LogP contribution in [0.5, 0.6) is 0 Å². The van der Waals surface area contributed by atoms with Crippen molar-refractivity contribution >= 4 is 5.91 Å². The Morgan fingerprint density at radius 3 is 2.41 bits per heavy atom. The highest BCUT2D eigenvalue weighted by Crippen LogP contribution is 2.20. The summed E-state index contributed by atoms with van der Waals surface area (Å²) in [6, 6.07) is 17.2. The number of aliphatic hydroxyl groups is 1. The number of carbonyl (C=O) groups is 1. The second-order valence-corrected chi connectivity index (χ2v) is 7.28. The van der Waals surface area contributed by atoms with Gasteiger partial charge < -0.3 is 21.1 Å². The fraction of sp³-hybridized carbons (Fsp3) is 0.409. The van der Waals surface area contributed by atoms with Gasteiger partial charge in [-0.25, -0.2) is 0 Å². The van der Waals surface area contributed by atoms with E-state index in [9.17, 15) is 9.90 Å². The van der Waals surface area contributed by atoms with Gasteiger partial charge in [-0.1, -0.05) is 42.5 Å². The minimum Gasteiger partial charge on any atom is -0.387 e.